The molecule has 0 saturated heterocycles. The van der Waals surface area contributed by atoms with Crippen LogP contribution >= 0.6 is 0 Å². The molecule has 0 fully saturated rings. The fourth-order valence-electron chi connectivity index (χ4n) is 2.64. The molecular formula is C17H19F2NO2S. The van der Waals surface area contributed by atoms with Gasteiger partial charge in [0, 0.05) is 6.07 Å². The van der Waals surface area contributed by atoms with Gasteiger partial charge in [-0.25, -0.2) is 17.2 Å². The summed E-state index contributed by atoms with van der Waals surface area (Å²) in [5, 5.41) is 0. The van der Waals surface area contributed by atoms with Crippen LogP contribution < -0.4 is 4.72 Å². The highest BCUT2D eigenvalue weighted by atomic mass is 32.2. The summed E-state index contributed by atoms with van der Waals surface area (Å²) in [4.78, 5) is 0.113. The molecule has 0 aliphatic carbocycles. The average Bonchev–Trinajstić information content (AvgIpc) is 2.46. The van der Waals surface area contributed by atoms with E-state index in [1.165, 1.54) is 0 Å². The molecule has 2 rings (SSSR count). The molecule has 1 N–H and O–H groups in total. The van der Waals surface area contributed by atoms with Gasteiger partial charge < -0.3 is 0 Å². The monoisotopic (exact) mass is 339 g/mol. The van der Waals surface area contributed by atoms with E-state index < -0.39 is 27.3 Å². The van der Waals surface area contributed by atoms with E-state index in [2.05, 4.69) is 4.72 Å². The number of rotatable bonds is 3. The lowest BCUT2D eigenvalue weighted by atomic mass is 9.95. The minimum atomic E-state index is -4.03. The number of sulfonamides is 1. The van der Waals surface area contributed by atoms with Crippen LogP contribution in [-0.2, 0) is 10.0 Å². The Kier molecular flexibility index (Phi) is 4.48. The molecule has 0 amide bonds. The third-order valence-corrected chi connectivity index (χ3v) is 6.01. The second-order valence-corrected chi connectivity index (χ2v) is 7.30. The van der Waals surface area contributed by atoms with E-state index in [-0.39, 0.29) is 4.90 Å². The van der Waals surface area contributed by atoms with Crippen LogP contribution in [0.2, 0.25) is 0 Å². The summed E-state index contributed by atoms with van der Waals surface area (Å²) in [6.07, 6.45) is 0. The molecule has 0 spiro atoms. The Morgan fingerprint density at radius 1 is 0.826 bits per heavy atom. The van der Waals surface area contributed by atoms with Crippen molar-refractivity contribution in [3.8, 4) is 0 Å². The van der Waals surface area contributed by atoms with Crippen molar-refractivity contribution in [1.29, 1.82) is 0 Å². The van der Waals surface area contributed by atoms with Crippen molar-refractivity contribution in [3.63, 3.8) is 0 Å². The van der Waals surface area contributed by atoms with Crippen molar-refractivity contribution >= 4 is 15.7 Å². The molecule has 23 heavy (non-hydrogen) atoms. The Bertz CT molecular complexity index is 861. The van der Waals surface area contributed by atoms with Crippen LogP contribution in [0.1, 0.15) is 27.8 Å². The summed E-state index contributed by atoms with van der Waals surface area (Å²) >= 11 is 0. The van der Waals surface area contributed by atoms with Crippen LogP contribution in [0.4, 0.5) is 14.5 Å². The smallest absolute Gasteiger partial charge is 0.262 e. The molecule has 0 aliphatic heterocycles. The summed E-state index contributed by atoms with van der Waals surface area (Å²) in [5.74, 6) is -1.54. The van der Waals surface area contributed by atoms with Gasteiger partial charge in [0.05, 0.1) is 10.6 Å². The highest BCUT2D eigenvalue weighted by Crippen LogP contribution is 2.31. The van der Waals surface area contributed by atoms with E-state index in [0.29, 0.717) is 11.1 Å². The summed E-state index contributed by atoms with van der Waals surface area (Å²) in [7, 11) is -4.03. The third-order valence-electron chi connectivity index (χ3n) is 4.37. The standard InChI is InChI=1S/C17H19F2NO2S/c1-9-10(2)12(4)17(13(5)11(9)3)23(21,22)20-16-8-14(18)6-7-15(16)19/h6-8,20H,1-5H3. The third kappa shape index (κ3) is 3.08. The predicted octanol–water partition coefficient (Wildman–Crippen LogP) is 4.31. The quantitative estimate of drug-likeness (QED) is 0.906. The van der Waals surface area contributed by atoms with Crippen LogP contribution in [-0.4, -0.2) is 8.42 Å². The van der Waals surface area contributed by atoms with Gasteiger partial charge in [-0.2, -0.15) is 0 Å². The SMILES string of the molecule is Cc1c(C)c(C)c(S(=O)(=O)Nc2cc(F)ccc2F)c(C)c1C. The summed E-state index contributed by atoms with van der Waals surface area (Å²) in [5.41, 5.74) is 3.57. The molecule has 3 nitrogen and oxygen atoms in total. The van der Waals surface area contributed by atoms with Crippen LogP contribution in [0.15, 0.2) is 23.1 Å². The van der Waals surface area contributed by atoms with Gasteiger partial charge in [0.15, 0.2) is 0 Å². The van der Waals surface area contributed by atoms with E-state index in [9.17, 15) is 17.2 Å². The molecule has 6 heteroatoms. The van der Waals surface area contributed by atoms with Crippen LogP contribution in [0, 0.1) is 46.3 Å². The molecule has 0 atom stereocenters. The molecular weight excluding hydrogens is 320 g/mol. The normalized spacial score (nSPS) is 11.6. The molecule has 0 heterocycles. The van der Waals surface area contributed by atoms with Gasteiger partial charge in [0.25, 0.3) is 10.0 Å². The van der Waals surface area contributed by atoms with Gasteiger partial charge in [-0.05, 0) is 74.6 Å². The van der Waals surface area contributed by atoms with E-state index in [4.69, 9.17) is 0 Å². The van der Waals surface area contributed by atoms with E-state index in [1.807, 2.05) is 20.8 Å². The van der Waals surface area contributed by atoms with E-state index >= 15 is 0 Å². The highest BCUT2D eigenvalue weighted by molar-refractivity contribution is 7.92. The number of halogens is 2. The van der Waals surface area contributed by atoms with Crippen LogP contribution in [0.5, 0.6) is 0 Å². The molecule has 124 valence electrons. The summed E-state index contributed by atoms with van der Waals surface area (Å²) in [6.45, 7) is 9.05. The van der Waals surface area contributed by atoms with Gasteiger partial charge in [-0.3, -0.25) is 4.72 Å². The van der Waals surface area contributed by atoms with Crippen molar-refractivity contribution in [2.45, 2.75) is 39.5 Å². The minimum absolute atomic E-state index is 0.113. The lowest BCUT2D eigenvalue weighted by Crippen LogP contribution is -2.18. The van der Waals surface area contributed by atoms with Crippen LogP contribution in [0.25, 0.3) is 0 Å². The van der Waals surface area contributed by atoms with Gasteiger partial charge in [0.1, 0.15) is 11.6 Å². The van der Waals surface area contributed by atoms with Crippen LogP contribution in [0.3, 0.4) is 0 Å². The average molecular weight is 339 g/mol. The molecule has 0 aromatic heterocycles. The molecule has 0 saturated carbocycles. The minimum Gasteiger partial charge on any atom is -0.277 e. The summed E-state index contributed by atoms with van der Waals surface area (Å²) < 4.78 is 54.6. The Labute approximate surface area is 135 Å². The lowest BCUT2D eigenvalue weighted by molar-refractivity contribution is 0.593. The molecule has 2 aromatic carbocycles. The van der Waals surface area contributed by atoms with Crippen molar-refractivity contribution in [2.75, 3.05) is 4.72 Å². The molecule has 0 aliphatic rings. The largest absolute Gasteiger partial charge is 0.277 e. The van der Waals surface area contributed by atoms with Crippen molar-refractivity contribution in [3.05, 3.63) is 57.7 Å². The first-order chi connectivity index (χ1) is 10.6. The van der Waals surface area contributed by atoms with E-state index in [0.717, 1.165) is 34.9 Å². The Hall–Kier alpha value is -1.95. The van der Waals surface area contributed by atoms with Crippen molar-refractivity contribution < 1.29 is 17.2 Å². The van der Waals surface area contributed by atoms with Crippen molar-refractivity contribution in [2.24, 2.45) is 0 Å². The maximum Gasteiger partial charge on any atom is 0.262 e. The molecule has 2 aromatic rings. The first-order valence-corrected chi connectivity index (χ1v) is 8.59. The number of hydrogen-bond donors (Lipinski definition) is 1. The second-order valence-electron chi connectivity index (χ2n) is 5.68. The van der Waals surface area contributed by atoms with Gasteiger partial charge in [-0.1, -0.05) is 0 Å². The Balaban J connectivity index is 2.64. The molecule has 0 bridgehead atoms. The van der Waals surface area contributed by atoms with E-state index in [1.54, 1.807) is 13.8 Å². The fourth-order valence-corrected chi connectivity index (χ4v) is 4.30. The maximum absolute atomic E-state index is 13.7. The first kappa shape index (κ1) is 17.4. The number of hydrogen-bond acceptors (Lipinski definition) is 2. The van der Waals surface area contributed by atoms with Gasteiger partial charge >= 0.3 is 0 Å². The number of nitrogens with one attached hydrogen (secondary N) is 1. The Morgan fingerprint density at radius 2 is 1.30 bits per heavy atom. The molecule has 0 unspecified atom stereocenters. The Morgan fingerprint density at radius 3 is 1.83 bits per heavy atom. The number of anilines is 1. The zero-order valence-corrected chi connectivity index (χ0v) is 14.5. The van der Waals surface area contributed by atoms with Gasteiger partial charge in [0.2, 0.25) is 0 Å². The predicted molar refractivity (Wildman–Crippen MR) is 87.3 cm³/mol. The lowest BCUT2D eigenvalue weighted by Gasteiger charge is -2.19. The maximum atomic E-state index is 13.7. The topological polar surface area (TPSA) is 46.2 Å². The first-order valence-electron chi connectivity index (χ1n) is 7.11. The fraction of sp³-hybridized carbons (Fsp3) is 0.294. The zero-order chi connectivity index (χ0) is 17.5. The number of benzene rings is 2. The summed E-state index contributed by atoms with van der Waals surface area (Å²) in [6, 6.07) is 2.65. The zero-order valence-electron chi connectivity index (χ0n) is 13.7. The molecule has 0 radical (unpaired) electrons. The van der Waals surface area contributed by atoms with Crippen molar-refractivity contribution in [1.82, 2.24) is 0 Å². The second kappa shape index (κ2) is 5.92. The highest BCUT2D eigenvalue weighted by Gasteiger charge is 2.24. The van der Waals surface area contributed by atoms with Gasteiger partial charge in [-0.15, -0.1) is 0 Å².